The van der Waals surface area contributed by atoms with Crippen molar-refractivity contribution in [3.63, 3.8) is 0 Å². The topological polar surface area (TPSA) is 38.0 Å². The highest BCUT2D eigenvalue weighted by Crippen LogP contribution is 2.31. The second-order valence-electron chi connectivity index (χ2n) is 4.32. The van der Waals surface area contributed by atoms with E-state index < -0.39 is 0 Å². The number of halogens is 4. The van der Waals surface area contributed by atoms with Gasteiger partial charge < -0.3 is 0 Å². The van der Waals surface area contributed by atoms with Gasteiger partial charge in [-0.25, -0.2) is 0 Å². The molecule has 106 valence electrons. The lowest BCUT2D eigenvalue weighted by molar-refractivity contribution is 0.550. The molecule has 0 bridgehead atoms. The van der Waals surface area contributed by atoms with Crippen LogP contribution in [0.3, 0.4) is 0 Å². The van der Waals surface area contributed by atoms with E-state index in [2.05, 4.69) is 21.4 Å². The summed E-state index contributed by atoms with van der Waals surface area (Å²) in [7, 11) is 0. The average Bonchev–Trinajstić information content (AvgIpc) is 2.40. The van der Waals surface area contributed by atoms with Crippen molar-refractivity contribution in [3.8, 4) is 0 Å². The molecule has 1 unspecified atom stereocenters. The summed E-state index contributed by atoms with van der Waals surface area (Å²) in [4.78, 5) is 0. The molecule has 2 aromatic carbocycles. The molecule has 0 radical (unpaired) electrons. The number of hydrogen-bond donors (Lipinski definition) is 2. The van der Waals surface area contributed by atoms with Gasteiger partial charge in [-0.3, -0.25) is 11.3 Å². The van der Waals surface area contributed by atoms with Crippen molar-refractivity contribution in [1.82, 2.24) is 5.43 Å². The third kappa shape index (κ3) is 3.88. The number of nitrogens with two attached hydrogens (primary N) is 1. The van der Waals surface area contributed by atoms with Crippen LogP contribution in [0.25, 0.3) is 0 Å². The van der Waals surface area contributed by atoms with Gasteiger partial charge in [0.2, 0.25) is 0 Å². The monoisotopic (exact) mass is 392 g/mol. The molecule has 0 heterocycles. The van der Waals surface area contributed by atoms with Gasteiger partial charge in [-0.1, -0.05) is 56.8 Å². The molecule has 0 fully saturated rings. The molecule has 0 aliphatic carbocycles. The second-order valence-corrected chi connectivity index (χ2v) is 6.46. The molecule has 0 spiro atoms. The summed E-state index contributed by atoms with van der Waals surface area (Å²) in [5, 5.41) is 1.98. The van der Waals surface area contributed by atoms with Crippen molar-refractivity contribution in [2.24, 2.45) is 5.84 Å². The van der Waals surface area contributed by atoms with Crippen LogP contribution in [0.1, 0.15) is 17.2 Å². The van der Waals surface area contributed by atoms with Crippen LogP contribution in [-0.4, -0.2) is 0 Å². The Bertz CT molecular complexity index is 619. The highest BCUT2D eigenvalue weighted by Gasteiger charge is 2.16. The van der Waals surface area contributed by atoms with Crippen LogP contribution < -0.4 is 11.3 Å². The van der Waals surface area contributed by atoms with Crippen molar-refractivity contribution in [1.29, 1.82) is 0 Å². The smallest absolute Gasteiger partial charge is 0.0512 e. The lowest BCUT2D eigenvalue weighted by Gasteiger charge is -2.19. The largest absolute Gasteiger partial charge is 0.271 e. The van der Waals surface area contributed by atoms with Crippen LogP contribution in [0, 0.1) is 0 Å². The minimum Gasteiger partial charge on any atom is -0.271 e. The van der Waals surface area contributed by atoms with Crippen LogP contribution in [0.2, 0.25) is 15.1 Å². The second kappa shape index (κ2) is 7.12. The van der Waals surface area contributed by atoms with Gasteiger partial charge in [0.15, 0.2) is 0 Å². The standard InChI is InChI=1S/C14H12BrCl3N2/c15-12-7-10(17)1-3-11(12)14(20-19)6-8-5-9(16)2-4-13(8)18/h1-5,7,14,20H,6,19H2. The third-order valence-electron chi connectivity index (χ3n) is 2.97. The average molecular weight is 395 g/mol. The van der Waals surface area contributed by atoms with E-state index in [0.29, 0.717) is 21.5 Å². The Morgan fingerprint density at radius 1 is 1.05 bits per heavy atom. The fourth-order valence-corrected chi connectivity index (χ4v) is 3.31. The maximum Gasteiger partial charge on any atom is 0.0512 e. The molecule has 3 N–H and O–H groups in total. The maximum atomic E-state index is 6.19. The molecule has 0 aliphatic heterocycles. The molecule has 2 nitrogen and oxygen atoms in total. The maximum absolute atomic E-state index is 6.19. The first-order valence-electron chi connectivity index (χ1n) is 5.86. The molecule has 0 aromatic heterocycles. The normalized spacial score (nSPS) is 12.4. The van der Waals surface area contributed by atoms with E-state index >= 15 is 0 Å². The van der Waals surface area contributed by atoms with E-state index in [-0.39, 0.29) is 6.04 Å². The van der Waals surface area contributed by atoms with Crippen molar-refractivity contribution < 1.29 is 0 Å². The molecule has 0 aliphatic rings. The van der Waals surface area contributed by atoms with Crippen LogP contribution in [0.15, 0.2) is 40.9 Å². The van der Waals surface area contributed by atoms with E-state index in [1.54, 1.807) is 12.1 Å². The lowest BCUT2D eigenvalue weighted by atomic mass is 9.99. The number of hydrazine groups is 1. The molecule has 2 rings (SSSR count). The molecule has 0 saturated heterocycles. The van der Waals surface area contributed by atoms with Gasteiger partial charge in [0.25, 0.3) is 0 Å². The first-order chi connectivity index (χ1) is 9.51. The SMILES string of the molecule is NNC(Cc1cc(Cl)ccc1Cl)c1ccc(Cl)cc1Br. The Hall–Kier alpha value is -0.290. The molecule has 6 heteroatoms. The zero-order valence-electron chi connectivity index (χ0n) is 10.3. The number of nitrogens with one attached hydrogen (secondary N) is 1. The van der Waals surface area contributed by atoms with Crippen LogP contribution in [0.5, 0.6) is 0 Å². The predicted octanol–water partition coefficient (Wildman–Crippen LogP) is 5.16. The van der Waals surface area contributed by atoms with Gasteiger partial charge >= 0.3 is 0 Å². The van der Waals surface area contributed by atoms with E-state index in [9.17, 15) is 0 Å². The van der Waals surface area contributed by atoms with Crippen LogP contribution in [0.4, 0.5) is 0 Å². The molecule has 0 saturated carbocycles. The van der Waals surface area contributed by atoms with Gasteiger partial charge in [-0.2, -0.15) is 0 Å². The Labute approximate surface area is 141 Å². The molecular weight excluding hydrogens is 382 g/mol. The Morgan fingerprint density at radius 3 is 2.35 bits per heavy atom. The highest BCUT2D eigenvalue weighted by atomic mass is 79.9. The fourth-order valence-electron chi connectivity index (χ4n) is 1.96. The summed E-state index contributed by atoms with van der Waals surface area (Å²) in [6.07, 6.45) is 0.621. The number of rotatable bonds is 4. The lowest BCUT2D eigenvalue weighted by Crippen LogP contribution is -2.30. The minimum atomic E-state index is -0.0994. The van der Waals surface area contributed by atoms with Gasteiger partial charge in [-0.15, -0.1) is 0 Å². The van der Waals surface area contributed by atoms with Crippen molar-refractivity contribution in [2.75, 3.05) is 0 Å². The van der Waals surface area contributed by atoms with E-state index in [0.717, 1.165) is 15.6 Å². The zero-order chi connectivity index (χ0) is 14.7. The molecule has 0 amide bonds. The first-order valence-corrected chi connectivity index (χ1v) is 7.79. The van der Waals surface area contributed by atoms with Crippen LogP contribution in [-0.2, 0) is 6.42 Å². The molecule has 2 aromatic rings. The van der Waals surface area contributed by atoms with Gasteiger partial charge in [0.05, 0.1) is 6.04 Å². The minimum absolute atomic E-state index is 0.0994. The Balaban J connectivity index is 2.31. The zero-order valence-corrected chi connectivity index (χ0v) is 14.2. The van der Waals surface area contributed by atoms with Gasteiger partial charge in [0, 0.05) is 19.5 Å². The summed E-state index contributed by atoms with van der Waals surface area (Å²) in [6.45, 7) is 0. The quantitative estimate of drug-likeness (QED) is 0.555. The summed E-state index contributed by atoms with van der Waals surface area (Å²) < 4.78 is 0.895. The molecular formula is C14H12BrCl3N2. The summed E-state index contributed by atoms with van der Waals surface area (Å²) in [6, 6.07) is 10.9. The van der Waals surface area contributed by atoms with Gasteiger partial charge in [-0.05, 0) is 47.9 Å². The van der Waals surface area contributed by atoms with Crippen molar-refractivity contribution >= 4 is 50.7 Å². The number of hydrogen-bond acceptors (Lipinski definition) is 2. The Kier molecular flexibility index (Phi) is 5.73. The Morgan fingerprint density at radius 2 is 1.70 bits per heavy atom. The van der Waals surface area contributed by atoms with Gasteiger partial charge in [0.1, 0.15) is 0 Å². The van der Waals surface area contributed by atoms with Crippen LogP contribution >= 0.6 is 50.7 Å². The first kappa shape index (κ1) is 16.1. The van der Waals surface area contributed by atoms with Crippen molar-refractivity contribution in [2.45, 2.75) is 12.5 Å². The number of benzene rings is 2. The van der Waals surface area contributed by atoms with E-state index in [4.69, 9.17) is 40.6 Å². The highest BCUT2D eigenvalue weighted by molar-refractivity contribution is 9.10. The summed E-state index contributed by atoms with van der Waals surface area (Å²) >= 11 is 21.6. The summed E-state index contributed by atoms with van der Waals surface area (Å²) in [5.74, 6) is 5.67. The predicted molar refractivity (Wildman–Crippen MR) is 89.4 cm³/mol. The van der Waals surface area contributed by atoms with E-state index in [1.807, 2.05) is 24.3 Å². The van der Waals surface area contributed by atoms with E-state index in [1.165, 1.54) is 0 Å². The molecule has 20 heavy (non-hydrogen) atoms. The van der Waals surface area contributed by atoms with Crippen molar-refractivity contribution in [3.05, 3.63) is 67.1 Å². The molecule has 1 atom stereocenters. The summed E-state index contributed by atoms with van der Waals surface area (Å²) in [5.41, 5.74) is 4.74. The third-order valence-corrected chi connectivity index (χ3v) is 4.50. The fraction of sp³-hybridized carbons (Fsp3) is 0.143.